The first-order chi connectivity index (χ1) is 6.68. The third kappa shape index (κ3) is 2.00. The zero-order valence-electron chi connectivity index (χ0n) is 9.46. The summed E-state index contributed by atoms with van der Waals surface area (Å²) in [6.07, 6.45) is 2.88. The van der Waals surface area contributed by atoms with E-state index in [2.05, 4.69) is 45.0 Å². The lowest BCUT2D eigenvalue weighted by Gasteiger charge is -2.12. The van der Waals surface area contributed by atoms with E-state index in [1.807, 2.05) is 0 Å². The monoisotopic (exact) mass is 188 g/mol. The maximum Gasteiger partial charge on any atom is -0.0162 e. The van der Waals surface area contributed by atoms with Crippen LogP contribution in [-0.2, 0) is 0 Å². The third-order valence-corrected chi connectivity index (χ3v) is 3.46. The van der Waals surface area contributed by atoms with Crippen molar-refractivity contribution >= 4 is 0 Å². The van der Waals surface area contributed by atoms with E-state index in [9.17, 15) is 0 Å². The third-order valence-electron chi connectivity index (χ3n) is 3.46. The maximum atomic E-state index is 2.36. The number of rotatable bonds is 3. The summed E-state index contributed by atoms with van der Waals surface area (Å²) in [4.78, 5) is 0. The van der Waals surface area contributed by atoms with Crippen LogP contribution in [-0.4, -0.2) is 0 Å². The molecule has 1 aliphatic carbocycles. The van der Waals surface area contributed by atoms with Crippen molar-refractivity contribution in [1.82, 2.24) is 0 Å². The highest BCUT2D eigenvalue weighted by Gasteiger charge is 2.28. The highest BCUT2D eigenvalue weighted by Crippen LogP contribution is 2.42. The van der Waals surface area contributed by atoms with Crippen molar-refractivity contribution in [3.05, 3.63) is 35.4 Å². The van der Waals surface area contributed by atoms with Crippen molar-refractivity contribution in [3.63, 3.8) is 0 Å². The highest BCUT2D eigenvalue weighted by molar-refractivity contribution is 5.27. The molecular formula is C14H20. The van der Waals surface area contributed by atoms with Gasteiger partial charge in [0.25, 0.3) is 0 Å². The van der Waals surface area contributed by atoms with Gasteiger partial charge in [0, 0.05) is 0 Å². The maximum absolute atomic E-state index is 2.36. The summed E-state index contributed by atoms with van der Waals surface area (Å²) in [5, 5.41) is 0. The molecule has 0 amide bonds. The summed E-state index contributed by atoms with van der Waals surface area (Å²) in [6.45, 7) is 6.86. The van der Waals surface area contributed by atoms with Crippen LogP contribution in [0.25, 0.3) is 0 Å². The van der Waals surface area contributed by atoms with E-state index in [0.29, 0.717) is 5.92 Å². The first-order valence-corrected chi connectivity index (χ1v) is 5.78. The lowest BCUT2D eigenvalue weighted by molar-refractivity contribution is 0.663. The van der Waals surface area contributed by atoms with Crippen LogP contribution in [0.3, 0.4) is 0 Å². The minimum atomic E-state index is 0.653. The van der Waals surface area contributed by atoms with Gasteiger partial charge >= 0.3 is 0 Å². The molecule has 0 nitrogen and oxygen atoms in total. The average Bonchev–Trinajstić information content (AvgIpc) is 3.00. The van der Waals surface area contributed by atoms with Crippen LogP contribution >= 0.6 is 0 Å². The molecule has 76 valence electrons. The van der Waals surface area contributed by atoms with E-state index in [1.54, 1.807) is 0 Å². The van der Waals surface area contributed by atoms with Gasteiger partial charge in [-0.3, -0.25) is 0 Å². The van der Waals surface area contributed by atoms with E-state index < -0.39 is 0 Å². The molecule has 1 saturated carbocycles. The summed E-state index contributed by atoms with van der Waals surface area (Å²) in [5.74, 6) is 2.40. The van der Waals surface area contributed by atoms with Gasteiger partial charge in [0.1, 0.15) is 0 Å². The Kier molecular flexibility index (Phi) is 2.62. The molecule has 0 heteroatoms. The van der Waals surface area contributed by atoms with E-state index in [4.69, 9.17) is 0 Å². The van der Waals surface area contributed by atoms with Crippen molar-refractivity contribution in [2.24, 2.45) is 5.92 Å². The molecule has 0 unspecified atom stereocenters. The SMILES string of the molecule is CC(C)c1ccc([C@@H](C)C2CC2)cc1. The fourth-order valence-corrected chi connectivity index (χ4v) is 2.05. The van der Waals surface area contributed by atoms with Gasteiger partial charge in [-0.1, -0.05) is 45.0 Å². The molecule has 0 aromatic heterocycles. The van der Waals surface area contributed by atoms with E-state index in [0.717, 1.165) is 11.8 Å². The second-order valence-electron chi connectivity index (χ2n) is 4.95. The summed E-state index contributed by atoms with van der Waals surface area (Å²) in [5.41, 5.74) is 2.98. The quantitative estimate of drug-likeness (QED) is 0.662. The van der Waals surface area contributed by atoms with Gasteiger partial charge in [0.2, 0.25) is 0 Å². The van der Waals surface area contributed by atoms with E-state index >= 15 is 0 Å². The fourth-order valence-electron chi connectivity index (χ4n) is 2.05. The summed E-state index contributed by atoms with van der Waals surface area (Å²) >= 11 is 0. The molecule has 1 aliphatic rings. The molecule has 1 aromatic carbocycles. The number of hydrogen-bond acceptors (Lipinski definition) is 0. The molecule has 0 saturated heterocycles. The minimum absolute atomic E-state index is 0.653. The van der Waals surface area contributed by atoms with Gasteiger partial charge in [0.05, 0.1) is 0 Å². The summed E-state index contributed by atoms with van der Waals surface area (Å²) in [7, 11) is 0. The minimum Gasteiger partial charge on any atom is -0.0587 e. The second-order valence-corrected chi connectivity index (χ2v) is 4.95. The predicted octanol–water partition coefficient (Wildman–Crippen LogP) is 4.32. The van der Waals surface area contributed by atoms with E-state index in [1.165, 1.54) is 24.0 Å². The Morgan fingerprint density at radius 3 is 1.86 bits per heavy atom. The average molecular weight is 188 g/mol. The molecule has 1 aromatic rings. The Morgan fingerprint density at radius 2 is 1.43 bits per heavy atom. The first kappa shape index (κ1) is 9.76. The van der Waals surface area contributed by atoms with Gasteiger partial charge in [0.15, 0.2) is 0 Å². The molecule has 1 fully saturated rings. The molecule has 0 spiro atoms. The highest BCUT2D eigenvalue weighted by atomic mass is 14.3. The lowest BCUT2D eigenvalue weighted by atomic mass is 9.93. The van der Waals surface area contributed by atoms with Gasteiger partial charge in [-0.25, -0.2) is 0 Å². The van der Waals surface area contributed by atoms with Crippen LogP contribution < -0.4 is 0 Å². The largest absolute Gasteiger partial charge is 0.0587 e. The molecule has 0 aliphatic heterocycles. The summed E-state index contributed by atoms with van der Waals surface area (Å²) in [6, 6.07) is 9.22. The van der Waals surface area contributed by atoms with Crippen molar-refractivity contribution in [2.75, 3.05) is 0 Å². The van der Waals surface area contributed by atoms with Crippen LogP contribution in [0.5, 0.6) is 0 Å². The summed E-state index contributed by atoms with van der Waals surface area (Å²) < 4.78 is 0. The fraction of sp³-hybridized carbons (Fsp3) is 0.571. The molecule has 0 radical (unpaired) electrons. The number of hydrogen-bond donors (Lipinski definition) is 0. The Hall–Kier alpha value is -0.780. The van der Waals surface area contributed by atoms with Crippen molar-refractivity contribution in [1.29, 1.82) is 0 Å². The zero-order chi connectivity index (χ0) is 10.1. The van der Waals surface area contributed by atoms with E-state index in [-0.39, 0.29) is 0 Å². The molecule has 2 rings (SSSR count). The van der Waals surface area contributed by atoms with Crippen molar-refractivity contribution < 1.29 is 0 Å². The van der Waals surface area contributed by atoms with Crippen molar-refractivity contribution in [3.8, 4) is 0 Å². The lowest BCUT2D eigenvalue weighted by Crippen LogP contribution is -1.96. The molecule has 1 atom stereocenters. The van der Waals surface area contributed by atoms with Crippen LogP contribution in [0.1, 0.15) is 56.6 Å². The molecule has 0 N–H and O–H groups in total. The Bertz CT molecular complexity index is 290. The molecule has 0 bridgehead atoms. The zero-order valence-corrected chi connectivity index (χ0v) is 9.46. The molecular weight excluding hydrogens is 168 g/mol. The van der Waals surface area contributed by atoms with Gasteiger partial charge in [-0.05, 0) is 41.7 Å². The van der Waals surface area contributed by atoms with Gasteiger partial charge < -0.3 is 0 Å². The van der Waals surface area contributed by atoms with Gasteiger partial charge in [-0.15, -0.1) is 0 Å². The Labute approximate surface area is 87.3 Å². The van der Waals surface area contributed by atoms with Crippen LogP contribution in [0, 0.1) is 5.92 Å². The van der Waals surface area contributed by atoms with Crippen molar-refractivity contribution in [2.45, 2.75) is 45.4 Å². The topological polar surface area (TPSA) is 0 Å². The number of benzene rings is 1. The first-order valence-electron chi connectivity index (χ1n) is 5.78. The molecule has 0 heterocycles. The Balaban J connectivity index is 2.12. The Morgan fingerprint density at radius 1 is 0.929 bits per heavy atom. The van der Waals surface area contributed by atoms with Crippen LogP contribution in [0.4, 0.5) is 0 Å². The smallest absolute Gasteiger partial charge is 0.0162 e. The second kappa shape index (κ2) is 3.76. The van der Waals surface area contributed by atoms with Crippen LogP contribution in [0.15, 0.2) is 24.3 Å². The van der Waals surface area contributed by atoms with Gasteiger partial charge in [-0.2, -0.15) is 0 Å². The molecule has 14 heavy (non-hydrogen) atoms. The normalized spacial score (nSPS) is 18.6. The van der Waals surface area contributed by atoms with Crippen LogP contribution in [0.2, 0.25) is 0 Å². The standard InChI is InChI=1S/C14H20/c1-10(2)12-4-6-13(7-5-12)11(3)14-8-9-14/h4-7,10-11,14H,8-9H2,1-3H3/t11-/m1/s1. The predicted molar refractivity (Wildman–Crippen MR) is 61.7 cm³/mol.